The van der Waals surface area contributed by atoms with E-state index < -0.39 is 23.8 Å². The Hall–Kier alpha value is -6.72. The molecule has 1 atom stereocenters. The Morgan fingerprint density at radius 2 is 1.55 bits per heavy atom. The zero-order valence-corrected chi connectivity index (χ0v) is 38.8. The number of fused-ring (bicyclic) bond motifs is 2. The number of hydrogen-bond acceptors (Lipinski definition) is 13. The van der Waals surface area contributed by atoms with Gasteiger partial charge in [0.2, 0.25) is 17.7 Å². The molecule has 69 heavy (non-hydrogen) atoms. The lowest BCUT2D eigenvalue weighted by molar-refractivity contribution is -0.136. The quantitative estimate of drug-likeness (QED) is 0.149. The van der Waals surface area contributed by atoms with Gasteiger partial charge < -0.3 is 29.9 Å². The van der Waals surface area contributed by atoms with Crippen molar-refractivity contribution in [3.05, 3.63) is 102 Å². The molecule has 4 saturated heterocycles. The van der Waals surface area contributed by atoms with Crippen molar-refractivity contribution >= 4 is 63.6 Å². The Balaban J connectivity index is 0.569. The van der Waals surface area contributed by atoms with Crippen LogP contribution in [0.25, 0.3) is 11.2 Å². The van der Waals surface area contributed by atoms with Crippen molar-refractivity contribution in [2.45, 2.75) is 82.0 Å². The molecule has 12 rings (SSSR count). The molecule has 2 aromatic heterocycles. The molecule has 5 aliphatic heterocycles. The first kappa shape index (κ1) is 43.6. The van der Waals surface area contributed by atoms with E-state index >= 15 is 0 Å². The number of amides is 5. The molecule has 356 valence electrons. The number of rotatable bonds is 12. The van der Waals surface area contributed by atoms with Crippen molar-refractivity contribution in [1.82, 2.24) is 44.9 Å². The minimum Gasteiger partial charge on any atom is -0.370 e. The Bertz CT molecular complexity index is 2800. The predicted octanol–water partition coefficient (Wildman–Crippen LogP) is 4.54. The van der Waals surface area contributed by atoms with Crippen LogP contribution in [0.3, 0.4) is 0 Å². The smallest absolute Gasteiger partial charge is 0.264 e. The zero-order chi connectivity index (χ0) is 46.8. The van der Waals surface area contributed by atoms with Crippen molar-refractivity contribution in [3.8, 4) is 0 Å². The Kier molecular flexibility index (Phi) is 11.1. The van der Waals surface area contributed by atoms with Gasteiger partial charge in [-0.3, -0.25) is 39.1 Å². The van der Waals surface area contributed by atoms with Gasteiger partial charge in [0.15, 0.2) is 17.0 Å². The van der Waals surface area contributed by atoms with E-state index in [1.165, 1.54) is 31.4 Å². The Morgan fingerprint density at radius 3 is 2.30 bits per heavy atom. The first-order valence-corrected chi connectivity index (χ1v) is 24.8. The molecule has 2 aliphatic carbocycles. The van der Waals surface area contributed by atoms with E-state index in [1.807, 2.05) is 48.8 Å². The van der Waals surface area contributed by atoms with E-state index in [9.17, 15) is 24.0 Å². The summed E-state index contributed by atoms with van der Waals surface area (Å²) >= 11 is 0. The summed E-state index contributed by atoms with van der Waals surface area (Å²) in [5.74, 6) is -0.646. The summed E-state index contributed by atoms with van der Waals surface area (Å²) in [5, 5.41) is 8.94. The first-order valence-electron chi connectivity index (χ1n) is 24.8. The second kappa shape index (κ2) is 17.7. The fourth-order valence-corrected chi connectivity index (χ4v) is 12.3. The number of likely N-dealkylation sites (tertiary alicyclic amines) is 1. The number of imidazole rings is 1. The summed E-state index contributed by atoms with van der Waals surface area (Å²) in [6, 6.07) is 23.9. The van der Waals surface area contributed by atoms with Crippen molar-refractivity contribution < 1.29 is 24.0 Å². The molecular formula is C52H58N12O5. The zero-order valence-electron chi connectivity index (χ0n) is 38.8. The van der Waals surface area contributed by atoms with Gasteiger partial charge in [0.25, 0.3) is 11.8 Å². The summed E-state index contributed by atoms with van der Waals surface area (Å²) in [4.78, 5) is 88.8. The highest BCUT2D eigenvalue weighted by molar-refractivity contribution is 6.25. The molecule has 3 aromatic carbocycles. The van der Waals surface area contributed by atoms with Gasteiger partial charge in [0.05, 0.1) is 29.6 Å². The third kappa shape index (κ3) is 8.28. The molecule has 6 fully saturated rings. The maximum Gasteiger partial charge on any atom is 0.264 e. The highest BCUT2D eigenvalue weighted by atomic mass is 16.2. The largest absolute Gasteiger partial charge is 0.370 e. The average Bonchev–Trinajstić information content (AvgIpc) is 3.87. The van der Waals surface area contributed by atoms with E-state index in [-0.39, 0.29) is 36.7 Å². The van der Waals surface area contributed by atoms with E-state index in [0.29, 0.717) is 40.7 Å². The van der Waals surface area contributed by atoms with Gasteiger partial charge in [-0.2, -0.15) is 0 Å². The molecule has 17 heteroatoms. The number of piperidine rings is 2. The van der Waals surface area contributed by atoms with E-state index in [2.05, 4.69) is 74.4 Å². The van der Waals surface area contributed by atoms with Gasteiger partial charge in [0, 0.05) is 87.7 Å². The minimum absolute atomic E-state index is 0.0526. The van der Waals surface area contributed by atoms with Crippen LogP contribution in [-0.4, -0.2) is 141 Å². The standard InChI is InChI=1S/C52H58N12O5/c65-43-14-13-42(49(67)58-43)64-50(68)40-7-4-8-41(45(40)51(64)69)62-29-34(30-62)28-59-17-15-52(16-18-59)26-39(27-52)61-21-19-60(20-22-61)37-11-9-35(10-12-37)57-47-46-48(54-31-53-47)63(32-55-46)38-24-36(25-38)56-44(66)23-33-5-2-1-3-6-33/h1-12,31-32,34,36,38-39,42H,13-30H2,(H,56,66)(H,53,54,57)(H,58,65,67). The number of benzene rings is 3. The summed E-state index contributed by atoms with van der Waals surface area (Å²) < 4.78 is 2.11. The number of hydrogen-bond donors (Lipinski definition) is 3. The topological polar surface area (TPSA) is 181 Å². The number of aromatic nitrogens is 4. The van der Waals surface area contributed by atoms with Crippen LogP contribution < -0.4 is 25.8 Å². The van der Waals surface area contributed by atoms with E-state index in [1.54, 1.807) is 12.4 Å². The van der Waals surface area contributed by atoms with Crippen LogP contribution in [-0.2, 0) is 20.8 Å². The highest BCUT2D eigenvalue weighted by Crippen LogP contribution is 2.51. The lowest BCUT2D eigenvalue weighted by Crippen LogP contribution is -2.60. The Labute approximate surface area is 400 Å². The van der Waals surface area contributed by atoms with Crippen LogP contribution in [0.5, 0.6) is 0 Å². The molecular weight excluding hydrogens is 873 g/mol. The molecule has 7 aliphatic rings. The summed E-state index contributed by atoms with van der Waals surface area (Å²) in [5.41, 5.74) is 6.66. The fraction of sp³-hybridized carbons (Fsp3) is 0.462. The second-order valence-corrected chi connectivity index (χ2v) is 20.6. The predicted molar refractivity (Wildman–Crippen MR) is 259 cm³/mol. The first-order chi connectivity index (χ1) is 33.6. The number of carbonyl (C=O) groups excluding carboxylic acids is 5. The van der Waals surface area contributed by atoms with Crippen LogP contribution in [0.1, 0.15) is 83.7 Å². The number of piperazine rings is 1. The maximum absolute atomic E-state index is 13.6. The number of carbonyl (C=O) groups is 5. The number of imide groups is 2. The number of nitrogens with zero attached hydrogens (tertiary/aromatic N) is 9. The van der Waals surface area contributed by atoms with Gasteiger partial charge in [0.1, 0.15) is 12.4 Å². The normalized spacial score (nSPS) is 24.2. The van der Waals surface area contributed by atoms with Gasteiger partial charge in [-0.15, -0.1) is 0 Å². The highest BCUT2D eigenvalue weighted by Gasteiger charge is 2.49. The molecule has 1 unspecified atom stereocenters. The minimum atomic E-state index is -0.962. The average molecular weight is 931 g/mol. The number of nitrogens with one attached hydrogen (secondary N) is 3. The van der Waals surface area contributed by atoms with Crippen LogP contribution in [0.4, 0.5) is 22.9 Å². The monoisotopic (exact) mass is 930 g/mol. The van der Waals surface area contributed by atoms with Crippen LogP contribution >= 0.6 is 0 Å². The van der Waals surface area contributed by atoms with Gasteiger partial charge in [-0.1, -0.05) is 36.4 Å². The molecule has 5 amide bonds. The number of anilines is 4. The molecule has 0 bridgehead atoms. The van der Waals surface area contributed by atoms with E-state index in [4.69, 9.17) is 4.98 Å². The van der Waals surface area contributed by atoms with Gasteiger partial charge in [-0.05, 0) is 105 Å². The van der Waals surface area contributed by atoms with Crippen molar-refractivity contribution in [2.24, 2.45) is 11.3 Å². The SMILES string of the molecule is O=C1CCC(N2C(=O)c3cccc(N4CC(CN5CCC6(CC5)CC(N5CCN(c7ccc(Nc8ncnc9c8ncn9C8CC(NC(=O)Cc9ccccc9)C8)cc7)CC5)C6)C4)c3C2=O)C(=O)N1. The van der Waals surface area contributed by atoms with Crippen LogP contribution in [0.15, 0.2) is 85.5 Å². The third-order valence-corrected chi connectivity index (χ3v) is 16.3. The lowest BCUT2D eigenvalue weighted by atomic mass is 9.60. The van der Waals surface area contributed by atoms with Crippen LogP contribution in [0.2, 0.25) is 0 Å². The van der Waals surface area contributed by atoms with Gasteiger partial charge >= 0.3 is 0 Å². The van der Waals surface area contributed by atoms with Gasteiger partial charge in [-0.25, -0.2) is 15.0 Å². The third-order valence-electron chi connectivity index (χ3n) is 16.3. The molecule has 1 spiro atoms. The fourth-order valence-electron chi connectivity index (χ4n) is 12.3. The molecule has 0 radical (unpaired) electrons. The van der Waals surface area contributed by atoms with Crippen LogP contribution in [0, 0.1) is 11.3 Å². The maximum atomic E-state index is 13.6. The van der Waals surface area contributed by atoms with Crippen molar-refractivity contribution in [1.29, 1.82) is 0 Å². The summed E-state index contributed by atoms with van der Waals surface area (Å²) in [6.07, 6.45) is 10.9. The molecule has 2 saturated carbocycles. The van der Waals surface area contributed by atoms with Crippen molar-refractivity contribution in [3.63, 3.8) is 0 Å². The lowest BCUT2D eigenvalue weighted by Gasteiger charge is -2.57. The summed E-state index contributed by atoms with van der Waals surface area (Å²) in [6.45, 7) is 9.13. The molecule has 17 nitrogen and oxygen atoms in total. The second-order valence-electron chi connectivity index (χ2n) is 20.6. The molecule has 7 heterocycles. The summed E-state index contributed by atoms with van der Waals surface area (Å²) in [7, 11) is 0. The Morgan fingerprint density at radius 1 is 0.783 bits per heavy atom. The molecule has 3 N–H and O–H groups in total. The van der Waals surface area contributed by atoms with Crippen molar-refractivity contribution in [2.75, 3.05) is 74.0 Å². The molecule has 5 aromatic rings. The van der Waals surface area contributed by atoms with E-state index in [0.717, 1.165) is 105 Å².